The van der Waals surface area contributed by atoms with Gasteiger partial charge in [0.15, 0.2) is 0 Å². The van der Waals surface area contributed by atoms with E-state index in [2.05, 4.69) is 0 Å². The van der Waals surface area contributed by atoms with E-state index < -0.39 is 43.0 Å². The molecule has 138 valence electrons. The second-order valence-corrected chi connectivity index (χ2v) is 6.63. The SMILES string of the molecule is CCOc1ccc(SCC(=O)N2C[C@@H](C(F)(F)F)[C@H](C(=O)O)C2)cc1. The smallest absolute Gasteiger partial charge is 0.394 e. The van der Waals surface area contributed by atoms with Crippen LogP contribution in [0.15, 0.2) is 29.2 Å². The Bertz CT molecular complexity index is 621. The van der Waals surface area contributed by atoms with Crippen LogP contribution in [0.3, 0.4) is 0 Å². The van der Waals surface area contributed by atoms with Crippen LogP contribution in [-0.4, -0.2) is 53.5 Å². The molecule has 2 atom stereocenters. The predicted octanol–water partition coefficient (Wildman–Crippen LogP) is 2.90. The van der Waals surface area contributed by atoms with Crippen molar-refractivity contribution in [1.29, 1.82) is 0 Å². The molecule has 0 aliphatic carbocycles. The Labute approximate surface area is 147 Å². The zero-order valence-corrected chi connectivity index (χ0v) is 14.3. The number of carbonyl (C=O) groups excluding carboxylic acids is 1. The Morgan fingerprint density at radius 2 is 1.92 bits per heavy atom. The number of carboxylic acid groups (broad SMARTS) is 1. The number of likely N-dealkylation sites (tertiary alicyclic amines) is 1. The fraction of sp³-hybridized carbons (Fsp3) is 0.500. The first-order valence-corrected chi connectivity index (χ1v) is 8.64. The van der Waals surface area contributed by atoms with Gasteiger partial charge in [-0.2, -0.15) is 13.2 Å². The van der Waals surface area contributed by atoms with Gasteiger partial charge >= 0.3 is 12.1 Å². The van der Waals surface area contributed by atoms with E-state index in [1.54, 1.807) is 24.3 Å². The molecule has 0 radical (unpaired) electrons. The molecule has 1 aliphatic rings. The number of amides is 1. The van der Waals surface area contributed by atoms with Gasteiger partial charge in [-0.1, -0.05) is 0 Å². The van der Waals surface area contributed by atoms with Gasteiger partial charge in [-0.25, -0.2) is 0 Å². The third-order valence-corrected chi connectivity index (χ3v) is 4.90. The molecule has 0 bridgehead atoms. The number of carboxylic acids is 1. The molecule has 0 spiro atoms. The van der Waals surface area contributed by atoms with Gasteiger partial charge in [0.25, 0.3) is 0 Å². The van der Waals surface area contributed by atoms with Crippen molar-refractivity contribution in [1.82, 2.24) is 4.90 Å². The highest BCUT2D eigenvalue weighted by Crippen LogP contribution is 2.38. The van der Waals surface area contributed by atoms with Crippen molar-refractivity contribution in [2.24, 2.45) is 11.8 Å². The molecule has 1 fully saturated rings. The normalized spacial score (nSPS) is 20.6. The Hall–Kier alpha value is -1.90. The Kier molecular flexibility index (Phi) is 6.21. The summed E-state index contributed by atoms with van der Waals surface area (Å²) >= 11 is 1.19. The number of halogens is 3. The van der Waals surface area contributed by atoms with Gasteiger partial charge in [0.05, 0.1) is 24.2 Å². The van der Waals surface area contributed by atoms with Crippen LogP contribution in [0, 0.1) is 11.8 Å². The van der Waals surface area contributed by atoms with Crippen LogP contribution in [0.25, 0.3) is 0 Å². The van der Waals surface area contributed by atoms with Crippen molar-refractivity contribution in [3.05, 3.63) is 24.3 Å². The average molecular weight is 377 g/mol. The van der Waals surface area contributed by atoms with Crippen LogP contribution >= 0.6 is 11.8 Å². The number of ether oxygens (including phenoxy) is 1. The average Bonchev–Trinajstić information content (AvgIpc) is 3.00. The molecule has 1 amide bonds. The van der Waals surface area contributed by atoms with Crippen molar-refractivity contribution in [2.75, 3.05) is 25.4 Å². The largest absolute Gasteiger partial charge is 0.494 e. The minimum Gasteiger partial charge on any atom is -0.494 e. The summed E-state index contributed by atoms with van der Waals surface area (Å²) in [6.45, 7) is 1.37. The summed E-state index contributed by atoms with van der Waals surface area (Å²) in [6.07, 6.45) is -4.64. The molecule has 1 N–H and O–H groups in total. The van der Waals surface area contributed by atoms with Crippen molar-refractivity contribution in [2.45, 2.75) is 18.0 Å². The van der Waals surface area contributed by atoms with Gasteiger partial charge in [0, 0.05) is 18.0 Å². The van der Waals surface area contributed by atoms with Crippen LogP contribution in [0.5, 0.6) is 5.75 Å². The van der Waals surface area contributed by atoms with Crippen LogP contribution in [-0.2, 0) is 9.59 Å². The third kappa shape index (κ3) is 5.04. The van der Waals surface area contributed by atoms with E-state index >= 15 is 0 Å². The Balaban J connectivity index is 1.93. The van der Waals surface area contributed by atoms with Gasteiger partial charge in [0.2, 0.25) is 5.91 Å². The molecule has 0 saturated carbocycles. The molecule has 1 aromatic rings. The zero-order chi connectivity index (χ0) is 18.6. The van der Waals surface area contributed by atoms with Crippen LogP contribution in [0.4, 0.5) is 13.2 Å². The minimum absolute atomic E-state index is 0.0507. The molecular weight excluding hydrogens is 359 g/mol. The molecule has 1 saturated heterocycles. The first-order chi connectivity index (χ1) is 11.7. The summed E-state index contributed by atoms with van der Waals surface area (Å²) in [5, 5.41) is 8.97. The predicted molar refractivity (Wildman–Crippen MR) is 85.6 cm³/mol. The molecule has 0 unspecified atom stereocenters. The first-order valence-electron chi connectivity index (χ1n) is 7.65. The monoisotopic (exact) mass is 377 g/mol. The lowest BCUT2D eigenvalue weighted by atomic mass is 9.96. The number of benzene rings is 1. The van der Waals surface area contributed by atoms with E-state index in [1.807, 2.05) is 6.92 Å². The molecule has 9 heteroatoms. The maximum atomic E-state index is 12.9. The highest BCUT2D eigenvalue weighted by molar-refractivity contribution is 8.00. The number of thioether (sulfide) groups is 1. The van der Waals surface area contributed by atoms with Crippen molar-refractivity contribution in [3.8, 4) is 5.75 Å². The van der Waals surface area contributed by atoms with Crippen LogP contribution < -0.4 is 4.74 Å². The molecule has 5 nitrogen and oxygen atoms in total. The van der Waals surface area contributed by atoms with E-state index in [0.29, 0.717) is 12.4 Å². The van der Waals surface area contributed by atoms with Crippen LogP contribution in [0.2, 0.25) is 0 Å². The van der Waals surface area contributed by atoms with Gasteiger partial charge < -0.3 is 14.7 Å². The minimum atomic E-state index is -4.64. The summed E-state index contributed by atoms with van der Waals surface area (Å²) in [4.78, 5) is 24.9. The van der Waals surface area contributed by atoms with E-state index in [1.165, 1.54) is 11.8 Å². The number of nitrogens with zero attached hydrogens (tertiary/aromatic N) is 1. The topological polar surface area (TPSA) is 66.8 Å². The summed E-state index contributed by atoms with van der Waals surface area (Å²) in [6, 6.07) is 7.00. The van der Waals surface area contributed by atoms with Gasteiger partial charge in [-0.05, 0) is 31.2 Å². The van der Waals surface area contributed by atoms with E-state index in [4.69, 9.17) is 9.84 Å². The molecule has 25 heavy (non-hydrogen) atoms. The standard InChI is InChI=1S/C16H18F3NO4S/c1-2-24-10-3-5-11(6-4-10)25-9-14(21)20-7-12(15(22)23)13(8-20)16(17,18)19/h3-6,12-13H,2,7-9H2,1H3,(H,22,23)/t12-,13-/m1/s1. The quantitative estimate of drug-likeness (QED) is 0.773. The van der Waals surface area contributed by atoms with Crippen molar-refractivity contribution >= 4 is 23.6 Å². The maximum absolute atomic E-state index is 12.9. The Morgan fingerprint density at radius 1 is 1.28 bits per heavy atom. The second-order valence-electron chi connectivity index (χ2n) is 5.58. The summed E-state index contributed by atoms with van der Waals surface area (Å²) in [5.41, 5.74) is 0. The van der Waals surface area contributed by atoms with E-state index in [0.717, 1.165) is 9.80 Å². The number of hydrogen-bond donors (Lipinski definition) is 1. The lowest BCUT2D eigenvalue weighted by Gasteiger charge is -2.18. The maximum Gasteiger partial charge on any atom is 0.394 e. The van der Waals surface area contributed by atoms with Crippen molar-refractivity contribution < 1.29 is 32.6 Å². The number of alkyl halides is 3. The number of carbonyl (C=O) groups is 2. The van der Waals surface area contributed by atoms with E-state index in [9.17, 15) is 22.8 Å². The third-order valence-electron chi connectivity index (χ3n) is 3.91. The van der Waals surface area contributed by atoms with Gasteiger partial charge in [0.1, 0.15) is 5.75 Å². The molecule has 1 aliphatic heterocycles. The van der Waals surface area contributed by atoms with Gasteiger partial charge in [-0.3, -0.25) is 9.59 Å². The van der Waals surface area contributed by atoms with Gasteiger partial charge in [-0.15, -0.1) is 11.8 Å². The second kappa shape index (κ2) is 7.99. The zero-order valence-electron chi connectivity index (χ0n) is 13.5. The highest BCUT2D eigenvalue weighted by Gasteiger charge is 2.53. The molecule has 2 rings (SSSR count). The lowest BCUT2D eigenvalue weighted by Crippen LogP contribution is -2.34. The van der Waals surface area contributed by atoms with Crippen LogP contribution in [0.1, 0.15) is 6.92 Å². The number of rotatable bonds is 6. The summed E-state index contributed by atoms with van der Waals surface area (Å²) in [7, 11) is 0. The molecule has 0 aromatic heterocycles. The lowest BCUT2D eigenvalue weighted by molar-refractivity contribution is -0.188. The fourth-order valence-corrected chi connectivity index (χ4v) is 3.43. The molecule has 1 heterocycles. The van der Waals surface area contributed by atoms with E-state index in [-0.39, 0.29) is 5.75 Å². The summed E-state index contributed by atoms with van der Waals surface area (Å²) in [5.74, 6) is -5.03. The van der Waals surface area contributed by atoms with Crippen molar-refractivity contribution in [3.63, 3.8) is 0 Å². The fourth-order valence-electron chi connectivity index (χ4n) is 2.62. The number of hydrogen-bond acceptors (Lipinski definition) is 4. The first kappa shape index (κ1) is 19.4. The highest BCUT2D eigenvalue weighted by atomic mass is 32.2. The molecule has 1 aromatic carbocycles. The Morgan fingerprint density at radius 3 is 2.40 bits per heavy atom. The number of aliphatic carboxylic acids is 1. The molecular formula is C16H18F3NO4S. The summed E-state index contributed by atoms with van der Waals surface area (Å²) < 4.78 is 44.1.